The molecule has 0 amide bonds. The third-order valence-corrected chi connectivity index (χ3v) is 3.81. The lowest BCUT2D eigenvalue weighted by molar-refractivity contribution is 0.184. The summed E-state index contributed by atoms with van der Waals surface area (Å²) in [5, 5.41) is 12.9. The molecular formula is C16H25NO. The number of rotatable bonds is 4. The molecular weight excluding hydrogens is 222 g/mol. The molecule has 1 aromatic rings. The molecule has 1 aliphatic carbocycles. The number of aliphatic hydroxyl groups is 1. The van der Waals surface area contributed by atoms with Crippen LogP contribution in [0, 0.1) is 0 Å². The number of nitrogens with one attached hydrogen (secondary N) is 1. The number of benzene rings is 1. The van der Waals surface area contributed by atoms with Crippen LogP contribution in [0.2, 0.25) is 0 Å². The number of hydrogen-bond donors (Lipinski definition) is 2. The average molecular weight is 247 g/mol. The van der Waals surface area contributed by atoms with Crippen LogP contribution in [-0.2, 0) is 6.42 Å². The summed E-state index contributed by atoms with van der Waals surface area (Å²) in [5.74, 6) is 0.598. The maximum Gasteiger partial charge on any atom is 0.0636 e. The fraction of sp³-hybridized carbons (Fsp3) is 0.625. The van der Waals surface area contributed by atoms with Gasteiger partial charge in [0.1, 0.15) is 0 Å². The number of aliphatic hydroxyl groups excluding tert-OH is 1. The average Bonchev–Trinajstić information content (AvgIpc) is 2.35. The van der Waals surface area contributed by atoms with E-state index in [2.05, 4.69) is 37.4 Å². The summed E-state index contributed by atoms with van der Waals surface area (Å²) in [5.41, 5.74) is 4.37. The molecule has 1 aromatic carbocycles. The third-order valence-electron chi connectivity index (χ3n) is 3.81. The summed E-state index contributed by atoms with van der Waals surface area (Å²) in [4.78, 5) is 0. The summed E-state index contributed by atoms with van der Waals surface area (Å²) in [6.07, 6.45) is 3.35. The number of fused-ring (bicyclic) bond motifs is 1. The first-order valence-electron chi connectivity index (χ1n) is 7.12. The normalized spacial score (nSPS) is 20.8. The fourth-order valence-corrected chi connectivity index (χ4v) is 2.72. The Morgan fingerprint density at radius 3 is 2.78 bits per heavy atom. The molecule has 0 bridgehead atoms. The van der Waals surface area contributed by atoms with Crippen LogP contribution in [0.15, 0.2) is 18.2 Å². The zero-order chi connectivity index (χ0) is 13.1. The molecule has 0 aromatic heterocycles. The van der Waals surface area contributed by atoms with E-state index in [1.165, 1.54) is 36.0 Å². The van der Waals surface area contributed by atoms with Gasteiger partial charge >= 0.3 is 0 Å². The van der Waals surface area contributed by atoms with Crippen molar-refractivity contribution in [3.8, 4) is 0 Å². The van der Waals surface area contributed by atoms with Crippen molar-refractivity contribution in [3.05, 3.63) is 34.9 Å². The molecule has 100 valence electrons. The molecule has 1 unspecified atom stereocenters. The highest BCUT2D eigenvalue weighted by Gasteiger charge is 2.20. The molecule has 2 rings (SSSR count). The lowest BCUT2D eigenvalue weighted by Crippen LogP contribution is -2.31. The quantitative estimate of drug-likeness (QED) is 0.856. The minimum absolute atomic E-state index is 0.273. The van der Waals surface area contributed by atoms with Crippen molar-refractivity contribution in [2.24, 2.45) is 0 Å². The minimum Gasteiger partial charge on any atom is -0.392 e. The Morgan fingerprint density at radius 2 is 2.11 bits per heavy atom. The first kappa shape index (κ1) is 13.6. The molecule has 0 fully saturated rings. The highest BCUT2D eigenvalue weighted by Crippen LogP contribution is 2.31. The summed E-state index contributed by atoms with van der Waals surface area (Å²) in [6.45, 7) is 7.00. The molecule has 0 radical (unpaired) electrons. The second kappa shape index (κ2) is 5.85. The highest BCUT2D eigenvalue weighted by atomic mass is 16.3. The zero-order valence-electron chi connectivity index (χ0n) is 11.7. The van der Waals surface area contributed by atoms with E-state index in [4.69, 9.17) is 0 Å². The van der Waals surface area contributed by atoms with Gasteiger partial charge in [-0.25, -0.2) is 0 Å². The monoisotopic (exact) mass is 247 g/mol. The Bertz CT molecular complexity index is 398. The second-order valence-corrected chi connectivity index (χ2v) is 5.82. The molecule has 0 saturated heterocycles. The van der Waals surface area contributed by atoms with E-state index in [9.17, 15) is 5.11 Å². The van der Waals surface area contributed by atoms with Crippen molar-refractivity contribution >= 4 is 0 Å². The predicted molar refractivity (Wildman–Crippen MR) is 75.9 cm³/mol. The van der Waals surface area contributed by atoms with Gasteiger partial charge in [-0.05, 0) is 48.8 Å². The molecule has 2 heteroatoms. The lowest BCUT2D eigenvalue weighted by Gasteiger charge is -2.28. The molecule has 0 saturated carbocycles. The highest BCUT2D eigenvalue weighted by molar-refractivity contribution is 5.37. The van der Waals surface area contributed by atoms with Crippen molar-refractivity contribution in [1.82, 2.24) is 5.32 Å². The largest absolute Gasteiger partial charge is 0.392 e. The van der Waals surface area contributed by atoms with E-state index < -0.39 is 0 Å². The number of hydrogen-bond acceptors (Lipinski definition) is 2. The minimum atomic E-state index is -0.273. The predicted octanol–water partition coefficient (Wildman–Crippen LogP) is 3.16. The fourth-order valence-electron chi connectivity index (χ4n) is 2.72. The van der Waals surface area contributed by atoms with Crippen molar-refractivity contribution in [1.29, 1.82) is 0 Å². The van der Waals surface area contributed by atoms with Gasteiger partial charge in [-0.1, -0.05) is 32.0 Å². The summed E-state index contributed by atoms with van der Waals surface area (Å²) in [7, 11) is 0. The van der Waals surface area contributed by atoms with E-state index in [1.807, 2.05) is 6.92 Å². The van der Waals surface area contributed by atoms with Gasteiger partial charge in [0, 0.05) is 12.6 Å². The van der Waals surface area contributed by atoms with Gasteiger partial charge in [-0.3, -0.25) is 0 Å². The van der Waals surface area contributed by atoms with E-state index in [-0.39, 0.29) is 6.10 Å². The first-order chi connectivity index (χ1) is 8.58. The SMILES string of the molecule is CC(C)c1ccc2c(c1)CCCC2NC[C@H](C)O. The molecule has 0 spiro atoms. The maximum atomic E-state index is 9.39. The van der Waals surface area contributed by atoms with Crippen LogP contribution in [-0.4, -0.2) is 17.8 Å². The van der Waals surface area contributed by atoms with Crippen LogP contribution >= 0.6 is 0 Å². The Balaban J connectivity index is 2.16. The zero-order valence-corrected chi connectivity index (χ0v) is 11.7. The third kappa shape index (κ3) is 3.12. The molecule has 0 heterocycles. The van der Waals surface area contributed by atoms with Crippen LogP contribution in [0.25, 0.3) is 0 Å². The lowest BCUT2D eigenvalue weighted by atomic mass is 9.85. The Kier molecular flexibility index (Phi) is 4.41. The summed E-state index contributed by atoms with van der Waals surface area (Å²) >= 11 is 0. The van der Waals surface area contributed by atoms with Crippen LogP contribution in [0.3, 0.4) is 0 Å². The van der Waals surface area contributed by atoms with Gasteiger partial charge in [-0.2, -0.15) is 0 Å². The van der Waals surface area contributed by atoms with Crippen molar-refractivity contribution in [2.45, 2.75) is 58.1 Å². The van der Waals surface area contributed by atoms with Crippen LogP contribution in [0.1, 0.15) is 62.3 Å². The van der Waals surface area contributed by atoms with Gasteiger partial charge in [0.15, 0.2) is 0 Å². The molecule has 2 atom stereocenters. The van der Waals surface area contributed by atoms with Crippen molar-refractivity contribution < 1.29 is 5.11 Å². The Labute approximate surface area is 110 Å². The molecule has 2 nitrogen and oxygen atoms in total. The van der Waals surface area contributed by atoms with Gasteiger partial charge in [0.05, 0.1) is 6.10 Å². The van der Waals surface area contributed by atoms with Crippen LogP contribution in [0.4, 0.5) is 0 Å². The van der Waals surface area contributed by atoms with Gasteiger partial charge in [0.2, 0.25) is 0 Å². The molecule has 0 aliphatic heterocycles. The maximum absolute atomic E-state index is 9.39. The Morgan fingerprint density at radius 1 is 1.33 bits per heavy atom. The standard InChI is InChI=1S/C16H25NO/c1-11(2)13-7-8-15-14(9-13)5-4-6-16(15)17-10-12(3)18/h7-9,11-12,16-18H,4-6,10H2,1-3H3/t12-,16?/m0/s1. The van der Waals surface area contributed by atoms with Crippen LogP contribution < -0.4 is 5.32 Å². The summed E-state index contributed by atoms with van der Waals surface area (Å²) in [6, 6.07) is 7.33. The van der Waals surface area contributed by atoms with Gasteiger partial charge in [0.25, 0.3) is 0 Å². The van der Waals surface area contributed by atoms with E-state index >= 15 is 0 Å². The Hall–Kier alpha value is -0.860. The molecule has 2 N–H and O–H groups in total. The molecule has 18 heavy (non-hydrogen) atoms. The van der Waals surface area contributed by atoms with E-state index in [1.54, 1.807) is 0 Å². The van der Waals surface area contributed by atoms with Gasteiger partial charge < -0.3 is 10.4 Å². The smallest absolute Gasteiger partial charge is 0.0636 e. The number of aryl methyl sites for hydroxylation is 1. The van der Waals surface area contributed by atoms with Crippen LogP contribution in [0.5, 0.6) is 0 Å². The molecule has 1 aliphatic rings. The van der Waals surface area contributed by atoms with E-state index in [0.717, 1.165) is 0 Å². The van der Waals surface area contributed by atoms with Crippen molar-refractivity contribution in [3.63, 3.8) is 0 Å². The second-order valence-electron chi connectivity index (χ2n) is 5.82. The van der Waals surface area contributed by atoms with Crippen molar-refractivity contribution in [2.75, 3.05) is 6.54 Å². The topological polar surface area (TPSA) is 32.3 Å². The van der Waals surface area contributed by atoms with Gasteiger partial charge in [-0.15, -0.1) is 0 Å². The van der Waals surface area contributed by atoms with E-state index in [0.29, 0.717) is 18.5 Å². The first-order valence-corrected chi connectivity index (χ1v) is 7.12. The summed E-state index contributed by atoms with van der Waals surface area (Å²) < 4.78 is 0.